The lowest BCUT2D eigenvalue weighted by Gasteiger charge is -2.27. The van der Waals surface area contributed by atoms with Crippen LogP contribution in [0.1, 0.15) is 12.5 Å². The maximum absolute atomic E-state index is 3.97. The Morgan fingerprint density at radius 2 is 1.67 bits per heavy atom. The zero-order chi connectivity index (χ0) is 15.1. The minimum Gasteiger partial charge on any atom is -0.310 e. The fraction of sp³-hybridized carbons (Fsp3) is 0.100. The molecule has 0 amide bonds. The summed E-state index contributed by atoms with van der Waals surface area (Å²) < 4.78 is 0. The van der Waals surface area contributed by atoms with Crippen molar-refractivity contribution in [2.24, 2.45) is 0 Å². The van der Waals surface area contributed by atoms with Gasteiger partial charge in [-0.3, -0.25) is 0 Å². The lowest BCUT2D eigenvalue weighted by molar-refractivity contribution is 1.19. The van der Waals surface area contributed by atoms with Crippen LogP contribution < -0.4 is 4.90 Å². The Balaban J connectivity index is 2.60. The molecule has 0 aromatic heterocycles. The molecule has 0 aliphatic rings. The third-order valence-electron chi connectivity index (χ3n) is 3.30. The first-order chi connectivity index (χ1) is 10.3. The highest BCUT2D eigenvalue weighted by molar-refractivity contribution is 5.72. The molecule has 2 rings (SSSR count). The molecule has 2 aromatic carbocycles. The van der Waals surface area contributed by atoms with Gasteiger partial charge >= 0.3 is 0 Å². The van der Waals surface area contributed by atoms with Crippen LogP contribution in [-0.2, 0) is 0 Å². The van der Waals surface area contributed by atoms with E-state index in [1.165, 1.54) is 11.3 Å². The second kappa shape index (κ2) is 7.30. The van der Waals surface area contributed by atoms with Gasteiger partial charge in [-0.15, -0.1) is 0 Å². The first-order valence-electron chi connectivity index (χ1n) is 7.14. The monoisotopic (exact) mass is 275 g/mol. The molecule has 0 unspecified atom stereocenters. The van der Waals surface area contributed by atoms with Crippen molar-refractivity contribution in [2.45, 2.75) is 13.8 Å². The summed E-state index contributed by atoms with van der Waals surface area (Å²) in [4.78, 5) is 2.22. The molecule has 0 aliphatic heterocycles. The summed E-state index contributed by atoms with van der Waals surface area (Å²) >= 11 is 0. The zero-order valence-electron chi connectivity index (χ0n) is 12.7. The fourth-order valence-electron chi connectivity index (χ4n) is 2.25. The van der Waals surface area contributed by atoms with Gasteiger partial charge in [0.2, 0.25) is 0 Å². The Labute approximate surface area is 127 Å². The van der Waals surface area contributed by atoms with Crippen LogP contribution >= 0.6 is 0 Å². The van der Waals surface area contributed by atoms with E-state index >= 15 is 0 Å². The molecule has 0 spiro atoms. The van der Waals surface area contributed by atoms with E-state index in [0.717, 1.165) is 11.4 Å². The Hall–Kier alpha value is -2.54. The van der Waals surface area contributed by atoms with Crippen molar-refractivity contribution in [3.05, 3.63) is 96.7 Å². The van der Waals surface area contributed by atoms with Crippen LogP contribution in [0.3, 0.4) is 0 Å². The van der Waals surface area contributed by atoms with Crippen LogP contribution in [0.4, 0.5) is 11.4 Å². The quantitative estimate of drug-likeness (QED) is 0.625. The third kappa shape index (κ3) is 3.51. The topological polar surface area (TPSA) is 3.24 Å². The van der Waals surface area contributed by atoms with E-state index < -0.39 is 0 Å². The Kier molecular flexibility index (Phi) is 5.16. The summed E-state index contributed by atoms with van der Waals surface area (Å²) in [7, 11) is 0. The summed E-state index contributed by atoms with van der Waals surface area (Å²) in [6.45, 7) is 8.11. The van der Waals surface area contributed by atoms with Crippen molar-refractivity contribution in [3.8, 4) is 0 Å². The van der Waals surface area contributed by atoms with Crippen molar-refractivity contribution in [1.82, 2.24) is 0 Å². The number of benzene rings is 2. The molecular formula is C20H21N. The average molecular weight is 275 g/mol. The van der Waals surface area contributed by atoms with Crippen LogP contribution in [0.25, 0.3) is 0 Å². The van der Waals surface area contributed by atoms with E-state index in [-0.39, 0.29) is 0 Å². The summed E-state index contributed by atoms with van der Waals surface area (Å²) in [5.74, 6) is 0. The molecule has 0 bridgehead atoms. The zero-order valence-corrected chi connectivity index (χ0v) is 12.7. The van der Waals surface area contributed by atoms with Crippen LogP contribution in [-0.4, -0.2) is 0 Å². The Bertz CT molecular complexity index is 651. The highest BCUT2D eigenvalue weighted by Gasteiger charge is 2.13. The Morgan fingerprint density at radius 3 is 2.29 bits per heavy atom. The van der Waals surface area contributed by atoms with Gasteiger partial charge in [-0.1, -0.05) is 55.1 Å². The van der Waals surface area contributed by atoms with Gasteiger partial charge in [-0.25, -0.2) is 0 Å². The molecule has 0 saturated carbocycles. The van der Waals surface area contributed by atoms with E-state index in [4.69, 9.17) is 0 Å². The molecule has 0 N–H and O–H groups in total. The molecular weight excluding hydrogens is 254 g/mol. The summed E-state index contributed by atoms with van der Waals surface area (Å²) in [6.07, 6.45) is 8.02. The van der Waals surface area contributed by atoms with E-state index in [2.05, 4.69) is 73.0 Å². The second-order valence-corrected chi connectivity index (χ2v) is 4.78. The van der Waals surface area contributed by atoms with Gasteiger partial charge in [-0.2, -0.15) is 0 Å². The molecule has 0 fully saturated rings. The van der Waals surface area contributed by atoms with Gasteiger partial charge in [0.15, 0.2) is 0 Å². The normalized spacial score (nSPS) is 11.6. The van der Waals surface area contributed by atoms with Crippen LogP contribution in [0.15, 0.2) is 91.2 Å². The van der Waals surface area contributed by atoms with Crippen molar-refractivity contribution in [2.75, 3.05) is 4.90 Å². The number of rotatable bonds is 5. The number of para-hydroxylation sites is 2. The van der Waals surface area contributed by atoms with Gasteiger partial charge in [0.05, 0.1) is 0 Å². The number of hydrogen-bond acceptors (Lipinski definition) is 1. The van der Waals surface area contributed by atoms with Gasteiger partial charge < -0.3 is 4.90 Å². The van der Waals surface area contributed by atoms with Gasteiger partial charge in [0.1, 0.15) is 0 Å². The van der Waals surface area contributed by atoms with Crippen molar-refractivity contribution in [3.63, 3.8) is 0 Å². The summed E-state index contributed by atoms with van der Waals surface area (Å²) in [5, 5.41) is 0. The maximum atomic E-state index is 3.97. The predicted molar refractivity (Wildman–Crippen MR) is 92.9 cm³/mol. The average Bonchev–Trinajstić information content (AvgIpc) is 2.53. The number of allylic oxidation sites excluding steroid dienone is 4. The number of aryl methyl sites for hydroxylation is 1. The SMILES string of the molecule is C=C/C(=C\C=C/C)N(c1ccccc1)c1ccccc1C. The molecule has 0 aliphatic carbocycles. The van der Waals surface area contributed by atoms with Crippen molar-refractivity contribution >= 4 is 11.4 Å². The largest absolute Gasteiger partial charge is 0.310 e. The number of hydrogen-bond donors (Lipinski definition) is 0. The maximum Gasteiger partial charge on any atom is 0.0490 e. The molecule has 1 heteroatoms. The van der Waals surface area contributed by atoms with Crippen LogP contribution in [0, 0.1) is 6.92 Å². The molecule has 0 heterocycles. The smallest absolute Gasteiger partial charge is 0.0490 e. The number of anilines is 2. The molecule has 21 heavy (non-hydrogen) atoms. The minimum atomic E-state index is 1.05. The van der Waals surface area contributed by atoms with Crippen LogP contribution in [0.2, 0.25) is 0 Å². The molecule has 2 aromatic rings. The molecule has 0 atom stereocenters. The highest BCUT2D eigenvalue weighted by Crippen LogP contribution is 2.32. The molecule has 0 radical (unpaired) electrons. The van der Waals surface area contributed by atoms with E-state index in [1.807, 2.05) is 31.2 Å². The predicted octanol–water partition coefficient (Wildman–Crippen LogP) is 5.78. The van der Waals surface area contributed by atoms with Crippen molar-refractivity contribution < 1.29 is 0 Å². The standard InChI is InChI=1S/C20H21N/c1-4-6-13-18(5-2)21(19-14-8-7-9-15-19)20-16-11-10-12-17(20)3/h4-16H,2H2,1,3H3/b6-4-,18-13+. The summed E-state index contributed by atoms with van der Waals surface area (Å²) in [5.41, 5.74) is 4.57. The highest BCUT2D eigenvalue weighted by atomic mass is 15.1. The van der Waals surface area contributed by atoms with Gasteiger partial charge in [-0.05, 0) is 49.8 Å². The second-order valence-electron chi connectivity index (χ2n) is 4.78. The lowest BCUT2D eigenvalue weighted by atomic mass is 10.1. The number of nitrogens with zero attached hydrogens (tertiary/aromatic N) is 1. The van der Waals surface area contributed by atoms with Crippen LogP contribution in [0.5, 0.6) is 0 Å². The minimum absolute atomic E-state index is 1.05. The van der Waals surface area contributed by atoms with E-state index in [1.54, 1.807) is 0 Å². The summed E-state index contributed by atoms with van der Waals surface area (Å²) in [6, 6.07) is 18.7. The van der Waals surface area contributed by atoms with E-state index in [0.29, 0.717) is 0 Å². The first kappa shape index (κ1) is 14.9. The first-order valence-corrected chi connectivity index (χ1v) is 7.14. The van der Waals surface area contributed by atoms with Gasteiger partial charge in [0.25, 0.3) is 0 Å². The van der Waals surface area contributed by atoms with E-state index in [9.17, 15) is 0 Å². The molecule has 106 valence electrons. The van der Waals surface area contributed by atoms with Gasteiger partial charge in [0, 0.05) is 17.1 Å². The third-order valence-corrected chi connectivity index (χ3v) is 3.30. The fourth-order valence-corrected chi connectivity index (χ4v) is 2.25. The molecule has 1 nitrogen and oxygen atoms in total. The molecule has 0 saturated heterocycles. The Morgan fingerprint density at radius 1 is 1.00 bits per heavy atom. The van der Waals surface area contributed by atoms with Crippen molar-refractivity contribution in [1.29, 1.82) is 0 Å². The lowest BCUT2D eigenvalue weighted by Crippen LogP contribution is -2.15.